The fraction of sp³-hybridized carbons (Fsp3) is 0.450. The Morgan fingerprint density at radius 3 is 2.76 bits per heavy atom. The lowest BCUT2D eigenvalue weighted by molar-refractivity contribution is -0.114. The predicted octanol–water partition coefficient (Wildman–Crippen LogP) is 2.55. The number of amides is 1. The zero-order valence-electron chi connectivity index (χ0n) is 16.3. The van der Waals surface area contributed by atoms with Crippen LogP contribution in [0.15, 0.2) is 30.0 Å². The molecule has 0 saturated heterocycles. The Balaban J connectivity index is 1.90. The van der Waals surface area contributed by atoms with Crippen LogP contribution in [0, 0.1) is 23.5 Å². The largest absolute Gasteiger partial charge is 0.366 e. The van der Waals surface area contributed by atoms with Crippen molar-refractivity contribution in [2.45, 2.75) is 44.9 Å². The second kappa shape index (κ2) is 7.13. The number of pyridine rings is 1. The fourth-order valence-electron chi connectivity index (χ4n) is 4.04. The summed E-state index contributed by atoms with van der Waals surface area (Å²) in [4.78, 5) is 16.2. The Hall–Kier alpha value is -2.97. The molecule has 1 saturated carbocycles. The van der Waals surface area contributed by atoms with Crippen molar-refractivity contribution in [3.05, 3.63) is 53.1 Å². The first kappa shape index (κ1) is 19.4. The van der Waals surface area contributed by atoms with Crippen LogP contribution in [-0.2, 0) is 16.6 Å². The molecule has 0 aliphatic heterocycles. The number of nitrogens with zero attached hydrogens (tertiary/aromatic N) is 5. The van der Waals surface area contributed by atoms with E-state index < -0.39 is 23.0 Å². The summed E-state index contributed by atoms with van der Waals surface area (Å²) >= 11 is 0. The summed E-state index contributed by atoms with van der Waals surface area (Å²) in [5, 5.41) is 11.9. The van der Waals surface area contributed by atoms with Gasteiger partial charge >= 0.3 is 0 Å². The van der Waals surface area contributed by atoms with Gasteiger partial charge in [0, 0.05) is 23.5 Å². The Morgan fingerprint density at radius 2 is 2.14 bits per heavy atom. The highest BCUT2D eigenvalue weighted by Crippen LogP contribution is 2.54. The molecular weight excluding hydrogens is 378 g/mol. The molecule has 7 nitrogen and oxygen atoms in total. The van der Waals surface area contributed by atoms with Gasteiger partial charge in [-0.3, -0.25) is 9.78 Å². The van der Waals surface area contributed by atoms with E-state index in [9.17, 15) is 13.6 Å². The highest BCUT2D eigenvalue weighted by molar-refractivity contribution is 5.95. The molecule has 1 unspecified atom stereocenters. The minimum absolute atomic E-state index is 0.0676. The van der Waals surface area contributed by atoms with Gasteiger partial charge in [0.05, 0.1) is 17.6 Å². The molecule has 0 spiro atoms. The standard InChI is InChI=1S/C20H22F2N6O/c1-11(2)5-17-25-26-27-28(17)15-6-12(19(23)29)8-20(9-15,13-3-4-13)18-16(22)7-14(21)10-24-18/h6-7,9-11,13H,3-5,8H2,1-2H3,(H2,23,29). The summed E-state index contributed by atoms with van der Waals surface area (Å²) in [6.45, 7) is 4.09. The van der Waals surface area contributed by atoms with Gasteiger partial charge in [-0.05, 0) is 53.7 Å². The molecular formula is C20H22F2N6O. The average molecular weight is 400 g/mol. The van der Waals surface area contributed by atoms with Gasteiger partial charge in [0.15, 0.2) is 5.82 Å². The quantitative estimate of drug-likeness (QED) is 0.803. The average Bonchev–Trinajstić information content (AvgIpc) is 3.41. The van der Waals surface area contributed by atoms with Crippen LogP contribution in [0.4, 0.5) is 8.78 Å². The van der Waals surface area contributed by atoms with E-state index in [1.54, 1.807) is 10.8 Å². The van der Waals surface area contributed by atoms with E-state index in [-0.39, 0.29) is 18.0 Å². The molecule has 0 radical (unpaired) electrons. The number of hydrogen-bond donors (Lipinski definition) is 1. The predicted molar refractivity (Wildman–Crippen MR) is 101 cm³/mol. The first-order valence-corrected chi connectivity index (χ1v) is 9.62. The third-order valence-corrected chi connectivity index (χ3v) is 5.45. The van der Waals surface area contributed by atoms with Crippen LogP contribution in [0.25, 0.3) is 5.70 Å². The molecule has 9 heteroatoms. The van der Waals surface area contributed by atoms with Crippen molar-refractivity contribution in [2.24, 2.45) is 17.6 Å². The van der Waals surface area contributed by atoms with Gasteiger partial charge in [-0.2, -0.15) is 4.68 Å². The number of primary amides is 1. The Bertz CT molecular complexity index is 1020. The smallest absolute Gasteiger partial charge is 0.244 e. The van der Waals surface area contributed by atoms with Crippen LogP contribution in [0.2, 0.25) is 0 Å². The minimum atomic E-state index is -0.909. The number of hydrogen-bond acceptors (Lipinski definition) is 5. The molecule has 2 aromatic heterocycles. The van der Waals surface area contributed by atoms with Crippen molar-refractivity contribution in [2.75, 3.05) is 0 Å². The summed E-state index contributed by atoms with van der Waals surface area (Å²) in [5.74, 6) is -1.07. The molecule has 2 N–H and O–H groups in total. The Kier molecular flexibility index (Phi) is 4.76. The van der Waals surface area contributed by atoms with Crippen molar-refractivity contribution >= 4 is 11.6 Å². The fourth-order valence-corrected chi connectivity index (χ4v) is 4.04. The van der Waals surface area contributed by atoms with E-state index in [2.05, 4.69) is 20.5 Å². The first-order valence-electron chi connectivity index (χ1n) is 9.62. The van der Waals surface area contributed by atoms with Crippen molar-refractivity contribution in [1.82, 2.24) is 25.2 Å². The molecule has 152 valence electrons. The molecule has 2 heterocycles. The van der Waals surface area contributed by atoms with E-state index in [0.29, 0.717) is 29.4 Å². The number of allylic oxidation sites excluding steroid dienone is 3. The summed E-state index contributed by atoms with van der Waals surface area (Å²) in [5.41, 5.74) is 5.70. The molecule has 29 heavy (non-hydrogen) atoms. The highest BCUT2D eigenvalue weighted by Gasteiger charge is 2.50. The number of carbonyl (C=O) groups excluding carboxylic acids is 1. The van der Waals surface area contributed by atoms with Crippen LogP contribution in [-0.4, -0.2) is 31.1 Å². The molecule has 0 bridgehead atoms. The van der Waals surface area contributed by atoms with E-state index in [4.69, 9.17) is 5.73 Å². The van der Waals surface area contributed by atoms with Gasteiger partial charge < -0.3 is 5.73 Å². The molecule has 2 aliphatic rings. The van der Waals surface area contributed by atoms with Crippen LogP contribution < -0.4 is 5.73 Å². The van der Waals surface area contributed by atoms with Crippen molar-refractivity contribution < 1.29 is 13.6 Å². The van der Waals surface area contributed by atoms with E-state index in [1.807, 2.05) is 19.9 Å². The summed E-state index contributed by atoms with van der Waals surface area (Å²) in [6.07, 6.45) is 7.04. The molecule has 2 aliphatic carbocycles. The number of aromatic nitrogens is 5. The van der Waals surface area contributed by atoms with Crippen LogP contribution in [0.1, 0.15) is 44.6 Å². The summed E-state index contributed by atoms with van der Waals surface area (Å²) in [6, 6.07) is 0.823. The van der Waals surface area contributed by atoms with Crippen molar-refractivity contribution in [3.63, 3.8) is 0 Å². The van der Waals surface area contributed by atoms with Gasteiger partial charge in [0.25, 0.3) is 0 Å². The topological polar surface area (TPSA) is 99.6 Å². The highest BCUT2D eigenvalue weighted by atomic mass is 19.1. The normalized spacial score (nSPS) is 21.8. The van der Waals surface area contributed by atoms with Gasteiger partial charge in [-0.15, -0.1) is 5.10 Å². The van der Waals surface area contributed by atoms with Crippen LogP contribution >= 0.6 is 0 Å². The maximum Gasteiger partial charge on any atom is 0.244 e. The summed E-state index contributed by atoms with van der Waals surface area (Å²) in [7, 11) is 0. The zero-order chi connectivity index (χ0) is 20.8. The van der Waals surface area contributed by atoms with Gasteiger partial charge in [-0.25, -0.2) is 8.78 Å². The maximum absolute atomic E-state index is 14.8. The number of nitrogens with two attached hydrogens (primary N) is 1. The molecule has 1 fully saturated rings. The monoisotopic (exact) mass is 400 g/mol. The molecule has 1 amide bonds. The number of carbonyl (C=O) groups is 1. The van der Waals surface area contributed by atoms with Crippen LogP contribution in [0.3, 0.4) is 0 Å². The Labute approximate surface area is 166 Å². The second-order valence-electron chi connectivity index (χ2n) is 8.18. The van der Waals surface area contributed by atoms with Gasteiger partial charge in [0.1, 0.15) is 11.6 Å². The van der Waals surface area contributed by atoms with Gasteiger partial charge in [0.2, 0.25) is 5.91 Å². The second-order valence-corrected chi connectivity index (χ2v) is 8.18. The SMILES string of the molecule is CC(C)Cc1nnnn1C1=CC(c2ncc(F)cc2F)(C2CC2)CC(C(N)=O)=C1. The van der Waals surface area contributed by atoms with Crippen LogP contribution in [0.5, 0.6) is 0 Å². The number of rotatable bonds is 6. The minimum Gasteiger partial charge on any atom is -0.366 e. The van der Waals surface area contributed by atoms with Gasteiger partial charge in [-0.1, -0.05) is 13.8 Å². The van der Waals surface area contributed by atoms with E-state index in [0.717, 1.165) is 25.1 Å². The van der Waals surface area contributed by atoms with E-state index >= 15 is 0 Å². The third-order valence-electron chi connectivity index (χ3n) is 5.45. The van der Waals surface area contributed by atoms with Crippen molar-refractivity contribution in [3.8, 4) is 0 Å². The molecule has 4 rings (SSSR count). The lowest BCUT2D eigenvalue weighted by Crippen LogP contribution is -2.35. The maximum atomic E-state index is 14.8. The lowest BCUT2D eigenvalue weighted by Gasteiger charge is -2.34. The number of tetrazole rings is 1. The number of halogens is 2. The van der Waals surface area contributed by atoms with Crippen molar-refractivity contribution in [1.29, 1.82) is 0 Å². The lowest BCUT2D eigenvalue weighted by atomic mass is 9.70. The molecule has 0 aromatic carbocycles. The Morgan fingerprint density at radius 1 is 1.38 bits per heavy atom. The molecule has 2 aromatic rings. The summed E-state index contributed by atoms with van der Waals surface area (Å²) < 4.78 is 29.9. The molecule has 1 atom stereocenters. The van der Waals surface area contributed by atoms with E-state index in [1.165, 1.54) is 0 Å². The zero-order valence-corrected chi connectivity index (χ0v) is 16.3. The first-order chi connectivity index (χ1) is 13.8. The third kappa shape index (κ3) is 3.56.